The second-order valence-electron chi connectivity index (χ2n) is 4.37. The van der Waals surface area contributed by atoms with Crippen molar-refractivity contribution < 1.29 is 9.18 Å². The van der Waals surface area contributed by atoms with Crippen molar-refractivity contribution >= 4 is 18.5 Å². The van der Waals surface area contributed by atoms with Crippen LogP contribution in [0.3, 0.4) is 0 Å². The minimum atomic E-state index is -0.366. The maximum absolute atomic E-state index is 13.1. The molecule has 0 N–H and O–H groups in total. The molecule has 0 spiro atoms. The van der Waals surface area contributed by atoms with Gasteiger partial charge in [0.1, 0.15) is 5.82 Å². The molecule has 0 unspecified atom stereocenters. The largest absolute Gasteiger partial charge is 0.336 e. The Balaban J connectivity index is 1.95. The Labute approximate surface area is 112 Å². The zero-order valence-corrected chi connectivity index (χ0v) is 11.1. The number of rotatable bonds is 3. The number of piperazine rings is 1. The molecule has 2 rings (SSSR count). The standard InChI is InChI=1S/C13H17FN2OS/c14-12-3-1-2-11(10-12)13(17)16-6-4-15(5-7-16)8-9-18/h1-3,10,18H,4-9H2. The van der Waals surface area contributed by atoms with Gasteiger partial charge in [0.25, 0.3) is 5.91 Å². The molecule has 1 fully saturated rings. The number of benzene rings is 1. The first-order valence-corrected chi connectivity index (χ1v) is 6.72. The van der Waals surface area contributed by atoms with Gasteiger partial charge in [-0.25, -0.2) is 4.39 Å². The fourth-order valence-electron chi connectivity index (χ4n) is 2.12. The molecule has 1 saturated heterocycles. The highest BCUT2D eigenvalue weighted by molar-refractivity contribution is 7.80. The van der Waals surface area contributed by atoms with E-state index in [-0.39, 0.29) is 11.7 Å². The van der Waals surface area contributed by atoms with Gasteiger partial charge in [-0.1, -0.05) is 6.07 Å². The molecule has 0 aliphatic carbocycles. The zero-order valence-electron chi connectivity index (χ0n) is 10.2. The molecule has 3 nitrogen and oxygen atoms in total. The number of carbonyl (C=O) groups is 1. The fourth-order valence-corrected chi connectivity index (χ4v) is 2.40. The molecule has 0 saturated carbocycles. The van der Waals surface area contributed by atoms with Crippen LogP contribution in [-0.2, 0) is 0 Å². The van der Waals surface area contributed by atoms with E-state index in [1.54, 1.807) is 17.0 Å². The Kier molecular flexibility index (Phi) is 4.60. The molecule has 18 heavy (non-hydrogen) atoms. The second-order valence-corrected chi connectivity index (χ2v) is 4.82. The molecule has 1 aliphatic heterocycles. The minimum Gasteiger partial charge on any atom is -0.336 e. The van der Waals surface area contributed by atoms with Gasteiger partial charge in [0.05, 0.1) is 0 Å². The van der Waals surface area contributed by atoms with Crippen molar-refractivity contribution in [2.24, 2.45) is 0 Å². The molecule has 1 amide bonds. The Morgan fingerprint density at radius 1 is 1.28 bits per heavy atom. The minimum absolute atomic E-state index is 0.0833. The normalized spacial score (nSPS) is 16.9. The summed E-state index contributed by atoms with van der Waals surface area (Å²) in [5.41, 5.74) is 0.428. The fraction of sp³-hybridized carbons (Fsp3) is 0.462. The summed E-state index contributed by atoms with van der Waals surface area (Å²) >= 11 is 4.20. The van der Waals surface area contributed by atoms with E-state index < -0.39 is 0 Å². The molecule has 1 heterocycles. The zero-order chi connectivity index (χ0) is 13.0. The highest BCUT2D eigenvalue weighted by Crippen LogP contribution is 2.10. The van der Waals surface area contributed by atoms with Crippen molar-refractivity contribution in [3.8, 4) is 0 Å². The highest BCUT2D eigenvalue weighted by Gasteiger charge is 2.21. The predicted molar refractivity (Wildman–Crippen MR) is 72.6 cm³/mol. The van der Waals surface area contributed by atoms with Crippen LogP contribution >= 0.6 is 12.6 Å². The first kappa shape index (κ1) is 13.4. The van der Waals surface area contributed by atoms with Crippen molar-refractivity contribution in [2.45, 2.75) is 0 Å². The van der Waals surface area contributed by atoms with Gasteiger partial charge < -0.3 is 4.90 Å². The topological polar surface area (TPSA) is 23.6 Å². The smallest absolute Gasteiger partial charge is 0.254 e. The predicted octanol–water partition coefficient (Wildman–Crippen LogP) is 1.51. The van der Waals surface area contributed by atoms with Crippen molar-refractivity contribution in [3.63, 3.8) is 0 Å². The van der Waals surface area contributed by atoms with Crippen molar-refractivity contribution in [3.05, 3.63) is 35.6 Å². The number of halogens is 1. The molecular formula is C13H17FN2OS. The van der Waals surface area contributed by atoms with Crippen LogP contribution in [0.1, 0.15) is 10.4 Å². The van der Waals surface area contributed by atoms with Crippen LogP contribution in [0.15, 0.2) is 24.3 Å². The van der Waals surface area contributed by atoms with Gasteiger partial charge in [-0.15, -0.1) is 0 Å². The average molecular weight is 268 g/mol. The van der Waals surface area contributed by atoms with Crippen LogP contribution in [0.25, 0.3) is 0 Å². The van der Waals surface area contributed by atoms with Crippen LogP contribution in [0.5, 0.6) is 0 Å². The molecule has 5 heteroatoms. The Morgan fingerprint density at radius 2 is 2.00 bits per heavy atom. The highest BCUT2D eigenvalue weighted by atomic mass is 32.1. The summed E-state index contributed by atoms with van der Waals surface area (Å²) in [6.45, 7) is 4.07. The maximum atomic E-state index is 13.1. The Hall–Kier alpha value is -1.07. The summed E-state index contributed by atoms with van der Waals surface area (Å²) in [7, 11) is 0. The molecular weight excluding hydrogens is 251 g/mol. The molecule has 98 valence electrons. The van der Waals surface area contributed by atoms with Crippen LogP contribution in [-0.4, -0.2) is 54.2 Å². The Morgan fingerprint density at radius 3 is 2.61 bits per heavy atom. The van der Waals surface area contributed by atoms with E-state index in [2.05, 4.69) is 17.5 Å². The van der Waals surface area contributed by atoms with E-state index in [0.717, 1.165) is 25.4 Å². The van der Waals surface area contributed by atoms with E-state index in [4.69, 9.17) is 0 Å². The SMILES string of the molecule is O=C(c1cccc(F)c1)N1CCN(CCS)CC1. The quantitative estimate of drug-likeness (QED) is 0.840. The molecule has 0 aromatic heterocycles. The third-order valence-corrected chi connectivity index (χ3v) is 3.35. The van der Waals surface area contributed by atoms with Crippen molar-refractivity contribution in [1.82, 2.24) is 9.80 Å². The van der Waals surface area contributed by atoms with Crippen molar-refractivity contribution in [1.29, 1.82) is 0 Å². The first-order chi connectivity index (χ1) is 8.70. The Bertz CT molecular complexity index is 419. The summed E-state index contributed by atoms with van der Waals surface area (Å²) in [5.74, 6) is 0.382. The summed E-state index contributed by atoms with van der Waals surface area (Å²) < 4.78 is 13.1. The average Bonchev–Trinajstić information content (AvgIpc) is 2.39. The van der Waals surface area contributed by atoms with Gasteiger partial charge in [0.15, 0.2) is 0 Å². The summed E-state index contributed by atoms with van der Waals surface area (Å²) in [6.07, 6.45) is 0. The molecule has 1 aromatic rings. The van der Waals surface area contributed by atoms with Gasteiger partial charge >= 0.3 is 0 Å². The van der Waals surface area contributed by atoms with E-state index in [1.165, 1.54) is 12.1 Å². The second kappa shape index (κ2) is 6.20. The van der Waals surface area contributed by atoms with E-state index in [0.29, 0.717) is 18.7 Å². The van der Waals surface area contributed by atoms with Gasteiger partial charge in [-0.05, 0) is 18.2 Å². The number of thiol groups is 1. The number of hydrogen-bond donors (Lipinski definition) is 1. The van der Waals surface area contributed by atoms with Crippen LogP contribution in [0.4, 0.5) is 4.39 Å². The molecule has 0 bridgehead atoms. The number of carbonyl (C=O) groups excluding carboxylic acids is 1. The first-order valence-electron chi connectivity index (χ1n) is 6.09. The van der Waals surface area contributed by atoms with Crippen LogP contribution in [0, 0.1) is 5.82 Å². The summed E-state index contributed by atoms with van der Waals surface area (Å²) in [4.78, 5) is 16.2. The van der Waals surface area contributed by atoms with E-state index in [1.807, 2.05) is 0 Å². The van der Waals surface area contributed by atoms with Gasteiger partial charge in [0, 0.05) is 44.0 Å². The summed E-state index contributed by atoms with van der Waals surface area (Å²) in [5, 5.41) is 0. The van der Waals surface area contributed by atoms with Crippen molar-refractivity contribution in [2.75, 3.05) is 38.5 Å². The third kappa shape index (κ3) is 3.23. The molecule has 1 aliphatic rings. The molecule has 0 radical (unpaired) electrons. The van der Waals surface area contributed by atoms with Gasteiger partial charge in [0.2, 0.25) is 0 Å². The van der Waals surface area contributed by atoms with E-state index >= 15 is 0 Å². The lowest BCUT2D eigenvalue weighted by Gasteiger charge is -2.34. The van der Waals surface area contributed by atoms with Crippen LogP contribution < -0.4 is 0 Å². The molecule has 0 atom stereocenters. The maximum Gasteiger partial charge on any atom is 0.254 e. The third-order valence-electron chi connectivity index (χ3n) is 3.15. The lowest BCUT2D eigenvalue weighted by molar-refractivity contribution is 0.0644. The molecule has 1 aromatic carbocycles. The summed E-state index contributed by atoms with van der Waals surface area (Å²) in [6, 6.07) is 5.87. The monoisotopic (exact) mass is 268 g/mol. The lowest BCUT2D eigenvalue weighted by atomic mass is 10.2. The van der Waals surface area contributed by atoms with E-state index in [9.17, 15) is 9.18 Å². The van der Waals surface area contributed by atoms with Gasteiger partial charge in [-0.3, -0.25) is 9.69 Å². The lowest BCUT2D eigenvalue weighted by Crippen LogP contribution is -2.49. The number of nitrogens with zero attached hydrogens (tertiary/aromatic N) is 2. The van der Waals surface area contributed by atoms with Crippen LogP contribution in [0.2, 0.25) is 0 Å². The number of hydrogen-bond acceptors (Lipinski definition) is 3. The van der Waals surface area contributed by atoms with Gasteiger partial charge in [-0.2, -0.15) is 12.6 Å². The number of amides is 1.